The number of carbonyl (C=O) groups is 1. The molecular weight excluding hydrogens is 328 g/mol. The molecule has 1 amide bonds. The van der Waals surface area contributed by atoms with Gasteiger partial charge in [-0.2, -0.15) is 0 Å². The predicted octanol–water partition coefficient (Wildman–Crippen LogP) is 3.17. The number of halogens is 1. The van der Waals surface area contributed by atoms with Gasteiger partial charge in [-0.25, -0.2) is 0 Å². The topological polar surface area (TPSA) is 77.5 Å². The third-order valence-corrected chi connectivity index (χ3v) is 3.87. The highest BCUT2D eigenvalue weighted by atomic mass is 35.5. The molecule has 132 valence electrons. The minimum Gasteiger partial charge on any atom is -0.496 e. The van der Waals surface area contributed by atoms with Gasteiger partial charge in [0.05, 0.1) is 19.2 Å². The van der Waals surface area contributed by atoms with Crippen molar-refractivity contribution in [2.75, 3.05) is 7.11 Å². The Kier molecular flexibility index (Phi) is 7.82. The third-order valence-electron chi connectivity index (χ3n) is 3.87. The maximum atomic E-state index is 12.4. The fraction of sp³-hybridized carbons (Fsp3) is 0.389. The maximum Gasteiger partial charge on any atom is 0.254 e. The van der Waals surface area contributed by atoms with Crippen LogP contribution in [-0.2, 0) is 13.0 Å². The molecule has 1 aromatic heterocycles. The normalized spacial score (nSPS) is 11.7. The number of rotatable bonds is 7. The summed E-state index contributed by atoms with van der Waals surface area (Å²) >= 11 is 0. The van der Waals surface area contributed by atoms with E-state index < -0.39 is 0 Å². The van der Waals surface area contributed by atoms with Gasteiger partial charge in [-0.15, -0.1) is 12.4 Å². The third kappa shape index (κ3) is 5.01. The Hall–Kier alpha value is -1.98. The van der Waals surface area contributed by atoms with Gasteiger partial charge < -0.3 is 20.2 Å². The van der Waals surface area contributed by atoms with Crippen molar-refractivity contribution in [1.82, 2.24) is 5.32 Å². The summed E-state index contributed by atoms with van der Waals surface area (Å²) in [5.41, 5.74) is 7.08. The van der Waals surface area contributed by atoms with Crippen LogP contribution in [0.5, 0.6) is 5.75 Å². The lowest BCUT2D eigenvalue weighted by atomic mass is 9.95. The molecule has 0 aliphatic carbocycles. The number of methoxy groups -OCH3 is 1. The molecule has 1 aromatic carbocycles. The van der Waals surface area contributed by atoms with Gasteiger partial charge in [0.1, 0.15) is 17.8 Å². The quantitative estimate of drug-likeness (QED) is 0.802. The second-order valence-electron chi connectivity index (χ2n) is 5.85. The zero-order chi connectivity index (χ0) is 16.8. The van der Waals surface area contributed by atoms with Gasteiger partial charge in [0.25, 0.3) is 5.91 Å². The fourth-order valence-electron chi connectivity index (χ4n) is 2.42. The van der Waals surface area contributed by atoms with E-state index in [2.05, 4.69) is 19.2 Å². The lowest BCUT2D eigenvalue weighted by Crippen LogP contribution is -2.40. The Morgan fingerprint density at radius 1 is 1.33 bits per heavy atom. The minimum atomic E-state index is -0.151. The molecule has 0 saturated carbocycles. The summed E-state index contributed by atoms with van der Waals surface area (Å²) in [5, 5.41) is 3.07. The molecule has 0 fully saturated rings. The number of benzene rings is 1. The molecule has 5 nitrogen and oxygen atoms in total. The number of nitrogens with two attached hydrogens (primary N) is 1. The van der Waals surface area contributed by atoms with E-state index in [0.717, 1.165) is 11.3 Å². The molecule has 24 heavy (non-hydrogen) atoms. The van der Waals surface area contributed by atoms with Crippen LogP contribution in [0.25, 0.3) is 0 Å². The van der Waals surface area contributed by atoms with Crippen LogP contribution in [0.15, 0.2) is 41.0 Å². The van der Waals surface area contributed by atoms with Gasteiger partial charge in [-0.1, -0.05) is 32.0 Å². The van der Waals surface area contributed by atoms with E-state index in [9.17, 15) is 4.79 Å². The van der Waals surface area contributed by atoms with Crippen LogP contribution in [0.4, 0.5) is 0 Å². The van der Waals surface area contributed by atoms with Crippen molar-refractivity contribution in [2.24, 2.45) is 11.7 Å². The molecule has 2 aromatic rings. The highest BCUT2D eigenvalue weighted by Gasteiger charge is 2.20. The van der Waals surface area contributed by atoms with Gasteiger partial charge in [-0.05, 0) is 30.0 Å². The summed E-state index contributed by atoms with van der Waals surface area (Å²) in [4.78, 5) is 12.4. The Bertz CT molecular complexity index is 655. The van der Waals surface area contributed by atoms with Gasteiger partial charge in [0.15, 0.2) is 0 Å². The van der Waals surface area contributed by atoms with Crippen LogP contribution in [0.3, 0.4) is 0 Å². The predicted molar refractivity (Wildman–Crippen MR) is 96.6 cm³/mol. The lowest BCUT2D eigenvalue weighted by molar-refractivity contribution is 0.0925. The van der Waals surface area contributed by atoms with Crippen molar-refractivity contribution in [3.05, 3.63) is 53.5 Å². The second-order valence-corrected chi connectivity index (χ2v) is 5.85. The molecule has 0 radical (unpaired) electrons. The zero-order valence-electron chi connectivity index (χ0n) is 14.2. The minimum absolute atomic E-state index is 0. The van der Waals surface area contributed by atoms with E-state index in [1.165, 1.54) is 6.26 Å². The summed E-state index contributed by atoms with van der Waals surface area (Å²) in [7, 11) is 1.65. The monoisotopic (exact) mass is 352 g/mol. The molecule has 3 N–H and O–H groups in total. The Morgan fingerprint density at radius 2 is 2.04 bits per heavy atom. The van der Waals surface area contributed by atoms with E-state index in [1.54, 1.807) is 13.2 Å². The summed E-state index contributed by atoms with van der Waals surface area (Å²) in [6.45, 7) is 4.45. The first kappa shape index (κ1) is 20.1. The number of hydrogen-bond donors (Lipinski definition) is 2. The van der Waals surface area contributed by atoms with Crippen molar-refractivity contribution in [2.45, 2.75) is 32.9 Å². The van der Waals surface area contributed by atoms with Crippen LogP contribution in [0.1, 0.15) is 35.5 Å². The summed E-state index contributed by atoms with van der Waals surface area (Å²) < 4.78 is 10.6. The Morgan fingerprint density at radius 3 is 2.62 bits per heavy atom. The fourth-order valence-corrected chi connectivity index (χ4v) is 2.42. The van der Waals surface area contributed by atoms with E-state index in [-0.39, 0.29) is 36.8 Å². The number of carbonyl (C=O) groups excluding carboxylic acids is 1. The lowest BCUT2D eigenvalue weighted by Gasteiger charge is -2.23. The van der Waals surface area contributed by atoms with Crippen molar-refractivity contribution in [3.8, 4) is 5.75 Å². The van der Waals surface area contributed by atoms with Crippen molar-refractivity contribution in [3.63, 3.8) is 0 Å². The molecular formula is C18H25ClN2O3. The Balaban J connectivity index is 0.00000288. The number of para-hydroxylation sites is 1. The first-order valence-corrected chi connectivity index (χ1v) is 7.75. The van der Waals surface area contributed by atoms with Crippen LogP contribution in [0, 0.1) is 5.92 Å². The maximum absolute atomic E-state index is 12.4. The van der Waals surface area contributed by atoms with E-state index in [1.807, 2.05) is 24.3 Å². The van der Waals surface area contributed by atoms with Gasteiger partial charge >= 0.3 is 0 Å². The molecule has 0 saturated heterocycles. The smallest absolute Gasteiger partial charge is 0.254 e. The number of nitrogens with one attached hydrogen (secondary N) is 1. The SMILES string of the molecule is COc1ccccc1CC(NC(=O)c1coc(CN)c1)C(C)C.Cl. The van der Waals surface area contributed by atoms with Crippen molar-refractivity contribution < 1.29 is 13.9 Å². The highest BCUT2D eigenvalue weighted by molar-refractivity contribution is 5.94. The highest BCUT2D eigenvalue weighted by Crippen LogP contribution is 2.21. The average molecular weight is 353 g/mol. The molecule has 1 heterocycles. The molecule has 2 rings (SSSR count). The zero-order valence-corrected chi connectivity index (χ0v) is 15.1. The number of ether oxygens (including phenoxy) is 1. The molecule has 0 aliphatic heterocycles. The van der Waals surface area contributed by atoms with Crippen LogP contribution in [0.2, 0.25) is 0 Å². The van der Waals surface area contributed by atoms with Gasteiger partial charge in [0.2, 0.25) is 0 Å². The molecule has 0 bridgehead atoms. The molecule has 0 aliphatic rings. The summed E-state index contributed by atoms with van der Waals surface area (Å²) in [5.74, 6) is 1.56. The molecule has 1 atom stereocenters. The van der Waals surface area contributed by atoms with E-state index >= 15 is 0 Å². The largest absolute Gasteiger partial charge is 0.496 e. The first-order valence-electron chi connectivity index (χ1n) is 7.75. The number of amides is 1. The van der Waals surface area contributed by atoms with Gasteiger partial charge in [0, 0.05) is 6.04 Å². The van der Waals surface area contributed by atoms with Crippen molar-refractivity contribution in [1.29, 1.82) is 0 Å². The van der Waals surface area contributed by atoms with Crippen LogP contribution >= 0.6 is 12.4 Å². The van der Waals surface area contributed by atoms with E-state index in [0.29, 0.717) is 17.7 Å². The van der Waals surface area contributed by atoms with Crippen LogP contribution in [-0.4, -0.2) is 19.1 Å². The van der Waals surface area contributed by atoms with Gasteiger partial charge in [-0.3, -0.25) is 4.79 Å². The van der Waals surface area contributed by atoms with Crippen LogP contribution < -0.4 is 15.8 Å². The molecule has 0 spiro atoms. The number of hydrogen-bond acceptors (Lipinski definition) is 4. The molecule has 1 unspecified atom stereocenters. The van der Waals surface area contributed by atoms with E-state index in [4.69, 9.17) is 14.9 Å². The molecule has 6 heteroatoms. The summed E-state index contributed by atoms with van der Waals surface area (Å²) in [6.07, 6.45) is 2.15. The van der Waals surface area contributed by atoms with Crippen molar-refractivity contribution >= 4 is 18.3 Å². The standard InChI is InChI=1S/C18H24N2O3.ClH/c1-12(2)16(9-13-6-4-5-7-17(13)22-3)20-18(21)14-8-15(10-19)23-11-14;/h4-8,11-12,16H,9-10,19H2,1-3H3,(H,20,21);1H. The summed E-state index contributed by atoms with van der Waals surface area (Å²) in [6, 6.07) is 9.53. The second kappa shape index (κ2) is 9.35. The number of furan rings is 1. The Labute approximate surface area is 149 Å². The first-order chi connectivity index (χ1) is 11.0. The average Bonchev–Trinajstić information content (AvgIpc) is 3.03.